The Morgan fingerprint density at radius 1 is 1.00 bits per heavy atom. The molecule has 1 amide bonds. The number of nitrogens with one attached hydrogen (secondary N) is 1. The van der Waals surface area contributed by atoms with Crippen LogP contribution in [-0.2, 0) is 17.8 Å². The highest BCUT2D eigenvalue weighted by atomic mass is 16.5. The Balaban J connectivity index is 1.37. The fourth-order valence-electron chi connectivity index (χ4n) is 3.35. The molecule has 1 aliphatic heterocycles. The lowest BCUT2D eigenvalue weighted by atomic mass is 10.1. The summed E-state index contributed by atoms with van der Waals surface area (Å²) in [7, 11) is 0. The first-order valence-corrected chi connectivity index (χ1v) is 9.29. The van der Waals surface area contributed by atoms with Crippen molar-refractivity contribution < 1.29 is 9.53 Å². The molecule has 5 nitrogen and oxygen atoms in total. The number of pyridine rings is 1. The predicted molar refractivity (Wildman–Crippen MR) is 105 cm³/mol. The van der Waals surface area contributed by atoms with Gasteiger partial charge >= 0.3 is 0 Å². The number of morpholine rings is 1. The van der Waals surface area contributed by atoms with Crippen LogP contribution in [0.15, 0.2) is 60.8 Å². The molecule has 1 fully saturated rings. The van der Waals surface area contributed by atoms with E-state index in [0.717, 1.165) is 49.3 Å². The topological polar surface area (TPSA) is 54.5 Å². The summed E-state index contributed by atoms with van der Waals surface area (Å²) in [6.07, 6.45) is 1.71. The zero-order chi connectivity index (χ0) is 18.5. The van der Waals surface area contributed by atoms with Crippen LogP contribution in [0.3, 0.4) is 0 Å². The van der Waals surface area contributed by atoms with Crippen molar-refractivity contribution in [1.29, 1.82) is 0 Å². The van der Waals surface area contributed by atoms with Gasteiger partial charge in [0.15, 0.2) is 0 Å². The molecule has 27 heavy (non-hydrogen) atoms. The summed E-state index contributed by atoms with van der Waals surface area (Å²) in [5.41, 5.74) is 3.71. The third-order valence-corrected chi connectivity index (χ3v) is 4.86. The molecule has 1 aromatic heterocycles. The molecule has 0 radical (unpaired) electrons. The Kier molecular flexibility index (Phi) is 5.42. The van der Waals surface area contributed by atoms with Gasteiger partial charge in [-0.1, -0.05) is 42.5 Å². The standard InChI is InChI=1S/C22H23N3O2/c26-22(20-5-1-3-19-4-2-10-23-21(19)20)24-15-17-6-8-18(9-7-17)16-25-11-13-27-14-12-25/h1-10H,11-16H2,(H,24,26). The lowest BCUT2D eigenvalue weighted by Crippen LogP contribution is -2.35. The molecule has 1 saturated heterocycles. The average Bonchev–Trinajstić information content (AvgIpc) is 2.73. The van der Waals surface area contributed by atoms with Crippen molar-refractivity contribution >= 4 is 16.8 Å². The third kappa shape index (κ3) is 4.32. The van der Waals surface area contributed by atoms with E-state index < -0.39 is 0 Å². The quantitative estimate of drug-likeness (QED) is 0.759. The summed E-state index contributed by atoms with van der Waals surface area (Å²) in [5, 5.41) is 3.97. The van der Waals surface area contributed by atoms with Crippen molar-refractivity contribution in [2.75, 3.05) is 26.3 Å². The number of benzene rings is 2. The summed E-state index contributed by atoms with van der Waals surface area (Å²) < 4.78 is 5.39. The molecule has 0 unspecified atom stereocenters. The summed E-state index contributed by atoms with van der Waals surface area (Å²) in [6, 6.07) is 17.9. The number of carbonyl (C=O) groups is 1. The van der Waals surface area contributed by atoms with Crippen molar-refractivity contribution in [3.8, 4) is 0 Å². The molecule has 2 aromatic carbocycles. The lowest BCUT2D eigenvalue weighted by molar-refractivity contribution is 0.0342. The number of para-hydroxylation sites is 1. The molecule has 2 heterocycles. The normalized spacial score (nSPS) is 15.0. The van der Waals surface area contributed by atoms with Gasteiger partial charge in [-0.05, 0) is 23.3 Å². The second kappa shape index (κ2) is 8.29. The highest BCUT2D eigenvalue weighted by molar-refractivity contribution is 6.05. The first-order chi connectivity index (χ1) is 13.3. The molecule has 1 N–H and O–H groups in total. The maximum atomic E-state index is 12.6. The Morgan fingerprint density at radius 3 is 2.56 bits per heavy atom. The number of carbonyl (C=O) groups excluding carboxylic acids is 1. The van der Waals surface area contributed by atoms with Crippen molar-refractivity contribution in [1.82, 2.24) is 15.2 Å². The van der Waals surface area contributed by atoms with Crippen molar-refractivity contribution in [3.05, 3.63) is 77.5 Å². The van der Waals surface area contributed by atoms with E-state index in [-0.39, 0.29) is 5.91 Å². The fourth-order valence-corrected chi connectivity index (χ4v) is 3.35. The van der Waals surface area contributed by atoms with E-state index in [9.17, 15) is 4.79 Å². The molecule has 0 bridgehead atoms. The van der Waals surface area contributed by atoms with Gasteiger partial charge in [-0.25, -0.2) is 0 Å². The summed E-state index contributed by atoms with van der Waals surface area (Å²) in [6.45, 7) is 5.03. The Bertz CT molecular complexity index is 913. The van der Waals surface area contributed by atoms with Gasteiger partial charge in [0.25, 0.3) is 5.91 Å². The smallest absolute Gasteiger partial charge is 0.253 e. The van der Waals surface area contributed by atoms with Crippen molar-refractivity contribution in [2.45, 2.75) is 13.1 Å². The van der Waals surface area contributed by atoms with E-state index in [0.29, 0.717) is 12.1 Å². The van der Waals surface area contributed by atoms with Crippen LogP contribution in [0.5, 0.6) is 0 Å². The zero-order valence-corrected chi connectivity index (χ0v) is 15.2. The van der Waals surface area contributed by atoms with Gasteiger partial charge in [0.05, 0.1) is 24.3 Å². The van der Waals surface area contributed by atoms with Crippen molar-refractivity contribution in [2.24, 2.45) is 0 Å². The highest BCUT2D eigenvalue weighted by Crippen LogP contribution is 2.16. The molecule has 4 rings (SSSR count). The van der Waals surface area contributed by atoms with E-state index >= 15 is 0 Å². The number of ether oxygens (including phenoxy) is 1. The minimum atomic E-state index is -0.100. The lowest BCUT2D eigenvalue weighted by Gasteiger charge is -2.26. The molecule has 0 atom stereocenters. The van der Waals surface area contributed by atoms with E-state index in [4.69, 9.17) is 4.74 Å². The SMILES string of the molecule is O=C(NCc1ccc(CN2CCOCC2)cc1)c1cccc2cccnc12. The van der Waals surface area contributed by atoms with Gasteiger partial charge in [-0.15, -0.1) is 0 Å². The van der Waals surface area contributed by atoms with Gasteiger partial charge in [0, 0.05) is 37.8 Å². The summed E-state index contributed by atoms with van der Waals surface area (Å²) >= 11 is 0. The number of amides is 1. The molecule has 1 aliphatic rings. The van der Waals surface area contributed by atoms with Crippen LogP contribution in [-0.4, -0.2) is 42.1 Å². The molecule has 0 spiro atoms. The van der Waals surface area contributed by atoms with Gasteiger partial charge in [-0.2, -0.15) is 0 Å². The minimum absolute atomic E-state index is 0.100. The summed E-state index contributed by atoms with van der Waals surface area (Å²) in [4.78, 5) is 19.3. The van der Waals surface area contributed by atoms with Gasteiger partial charge < -0.3 is 10.1 Å². The predicted octanol–water partition coefficient (Wildman–Crippen LogP) is 3.00. The largest absolute Gasteiger partial charge is 0.379 e. The molecule has 138 valence electrons. The minimum Gasteiger partial charge on any atom is -0.379 e. The fraction of sp³-hybridized carbons (Fsp3) is 0.273. The highest BCUT2D eigenvalue weighted by Gasteiger charge is 2.12. The van der Waals surface area contributed by atoms with E-state index in [1.165, 1.54) is 5.56 Å². The maximum absolute atomic E-state index is 12.6. The number of hydrogen-bond acceptors (Lipinski definition) is 4. The second-order valence-corrected chi connectivity index (χ2v) is 6.77. The van der Waals surface area contributed by atoms with Gasteiger partial charge in [-0.3, -0.25) is 14.7 Å². The molecule has 3 aromatic rings. The Labute approximate surface area is 159 Å². The van der Waals surface area contributed by atoms with Crippen LogP contribution >= 0.6 is 0 Å². The first kappa shape index (κ1) is 17.6. The van der Waals surface area contributed by atoms with Crippen LogP contribution in [0.2, 0.25) is 0 Å². The number of rotatable bonds is 5. The first-order valence-electron chi connectivity index (χ1n) is 9.29. The van der Waals surface area contributed by atoms with Crippen LogP contribution in [0, 0.1) is 0 Å². The molecule has 0 aliphatic carbocycles. The maximum Gasteiger partial charge on any atom is 0.253 e. The molecular formula is C22H23N3O2. The van der Waals surface area contributed by atoms with Crippen LogP contribution < -0.4 is 5.32 Å². The monoisotopic (exact) mass is 361 g/mol. The van der Waals surface area contributed by atoms with Crippen molar-refractivity contribution in [3.63, 3.8) is 0 Å². The number of nitrogens with zero attached hydrogens (tertiary/aromatic N) is 2. The number of aromatic nitrogens is 1. The molecular weight excluding hydrogens is 338 g/mol. The average molecular weight is 361 g/mol. The Morgan fingerprint density at radius 2 is 1.74 bits per heavy atom. The van der Waals surface area contributed by atoms with Gasteiger partial charge in [0.1, 0.15) is 0 Å². The van der Waals surface area contributed by atoms with Gasteiger partial charge in [0.2, 0.25) is 0 Å². The molecule has 5 heteroatoms. The van der Waals surface area contributed by atoms with E-state index in [1.807, 2.05) is 30.3 Å². The second-order valence-electron chi connectivity index (χ2n) is 6.77. The van der Waals surface area contributed by atoms with E-state index in [2.05, 4.69) is 39.5 Å². The zero-order valence-electron chi connectivity index (χ0n) is 15.2. The number of hydrogen-bond donors (Lipinski definition) is 1. The van der Waals surface area contributed by atoms with E-state index in [1.54, 1.807) is 6.20 Å². The number of fused-ring (bicyclic) bond motifs is 1. The van der Waals surface area contributed by atoms with Crippen LogP contribution in [0.25, 0.3) is 10.9 Å². The Hall–Kier alpha value is -2.76. The third-order valence-electron chi connectivity index (χ3n) is 4.86. The molecule has 0 saturated carbocycles. The van der Waals surface area contributed by atoms with Crippen LogP contribution in [0.4, 0.5) is 0 Å². The van der Waals surface area contributed by atoms with Crippen LogP contribution in [0.1, 0.15) is 21.5 Å². The summed E-state index contributed by atoms with van der Waals surface area (Å²) in [5.74, 6) is -0.100.